The summed E-state index contributed by atoms with van der Waals surface area (Å²) in [7, 11) is 0. The Kier molecular flexibility index (Phi) is 3.69. The van der Waals surface area contributed by atoms with Gasteiger partial charge in [-0.05, 0) is 32.6 Å². The number of aliphatic carboxylic acids is 1. The van der Waals surface area contributed by atoms with Gasteiger partial charge in [0.2, 0.25) is 0 Å². The van der Waals surface area contributed by atoms with Crippen molar-refractivity contribution in [2.24, 2.45) is 5.41 Å². The Labute approximate surface area is 102 Å². The minimum atomic E-state index is -0.821. The first-order chi connectivity index (χ1) is 7.61. The zero-order valence-electron chi connectivity index (χ0n) is 10.9. The van der Waals surface area contributed by atoms with E-state index in [4.69, 9.17) is 9.84 Å². The van der Waals surface area contributed by atoms with Gasteiger partial charge in [-0.3, -0.25) is 4.79 Å². The van der Waals surface area contributed by atoms with Crippen LogP contribution in [0, 0.1) is 5.41 Å². The van der Waals surface area contributed by atoms with Crippen molar-refractivity contribution in [3.05, 3.63) is 0 Å². The Balaban J connectivity index is 2.55. The maximum Gasteiger partial charge on any atom is 0.410 e. The highest BCUT2D eigenvalue weighted by Crippen LogP contribution is 2.34. The lowest BCUT2D eigenvalue weighted by atomic mass is 9.86. The molecule has 0 saturated carbocycles. The largest absolute Gasteiger partial charge is 0.481 e. The third-order valence-electron chi connectivity index (χ3n) is 2.79. The van der Waals surface area contributed by atoms with Crippen LogP contribution in [0.4, 0.5) is 4.79 Å². The van der Waals surface area contributed by atoms with Crippen molar-refractivity contribution in [3.63, 3.8) is 0 Å². The SMILES string of the molecule is CC1(CC(=O)O)CCN(C(=O)OC(C)(C)C)C1. The molecule has 1 atom stereocenters. The molecule has 1 fully saturated rings. The molecule has 1 aliphatic heterocycles. The van der Waals surface area contributed by atoms with E-state index in [-0.39, 0.29) is 17.9 Å². The second kappa shape index (κ2) is 4.55. The van der Waals surface area contributed by atoms with Crippen LogP contribution in [0.5, 0.6) is 0 Å². The first-order valence-corrected chi connectivity index (χ1v) is 5.81. The van der Waals surface area contributed by atoms with Gasteiger partial charge in [0, 0.05) is 13.1 Å². The van der Waals surface area contributed by atoms with Gasteiger partial charge >= 0.3 is 12.1 Å². The number of ether oxygens (including phenoxy) is 1. The molecule has 1 heterocycles. The molecule has 0 radical (unpaired) electrons. The molecule has 5 nitrogen and oxygen atoms in total. The van der Waals surface area contributed by atoms with Crippen molar-refractivity contribution in [1.82, 2.24) is 4.90 Å². The van der Waals surface area contributed by atoms with Crippen LogP contribution in [0.3, 0.4) is 0 Å². The van der Waals surface area contributed by atoms with E-state index in [1.807, 2.05) is 27.7 Å². The van der Waals surface area contributed by atoms with Gasteiger partial charge in [-0.25, -0.2) is 4.79 Å². The van der Waals surface area contributed by atoms with E-state index in [0.29, 0.717) is 19.5 Å². The minimum Gasteiger partial charge on any atom is -0.481 e. The van der Waals surface area contributed by atoms with Crippen LogP contribution in [0.2, 0.25) is 0 Å². The van der Waals surface area contributed by atoms with Crippen molar-refractivity contribution in [2.45, 2.75) is 46.1 Å². The van der Waals surface area contributed by atoms with Gasteiger partial charge < -0.3 is 14.7 Å². The predicted molar refractivity (Wildman–Crippen MR) is 62.8 cm³/mol. The first-order valence-electron chi connectivity index (χ1n) is 5.81. The van der Waals surface area contributed by atoms with E-state index < -0.39 is 11.6 Å². The Morgan fingerprint density at radius 2 is 2.00 bits per heavy atom. The molecule has 1 aliphatic rings. The highest BCUT2D eigenvalue weighted by Gasteiger charge is 2.39. The van der Waals surface area contributed by atoms with Crippen LogP contribution in [0.1, 0.15) is 40.5 Å². The fourth-order valence-electron chi connectivity index (χ4n) is 2.02. The standard InChI is InChI=1S/C12H21NO4/c1-11(2,3)17-10(16)13-6-5-12(4,8-13)7-9(14)15/h5-8H2,1-4H3,(H,14,15). The number of hydrogen-bond donors (Lipinski definition) is 1. The topological polar surface area (TPSA) is 66.8 Å². The van der Waals surface area contributed by atoms with Crippen LogP contribution < -0.4 is 0 Å². The summed E-state index contributed by atoms with van der Waals surface area (Å²) in [5.74, 6) is -0.821. The minimum absolute atomic E-state index is 0.0896. The Morgan fingerprint density at radius 3 is 2.47 bits per heavy atom. The van der Waals surface area contributed by atoms with Gasteiger partial charge in [-0.1, -0.05) is 6.92 Å². The van der Waals surface area contributed by atoms with Crippen molar-refractivity contribution in [1.29, 1.82) is 0 Å². The van der Waals surface area contributed by atoms with E-state index in [0.717, 1.165) is 0 Å². The van der Waals surface area contributed by atoms with Crippen LogP contribution in [-0.2, 0) is 9.53 Å². The van der Waals surface area contributed by atoms with Crippen LogP contribution in [0.15, 0.2) is 0 Å². The molecule has 0 spiro atoms. The van der Waals surface area contributed by atoms with Crippen LogP contribution in [-0.4, -0.2) is 40.8 Å². The summed E-state index contributed by atoms with van der Waals surface area (Å²) in [6.45, 7) is 8.37. The van der Waals surface area contributed by atoms with E-state index in [1.165, 1.54) is 0 Å². The number of amides is 1. The molecule has 1 N–H and O–H groups in total. The molecule has 1 saturated heterocycles. The number of nitrogens with zero attached hydrogens (tertiary/aromatic N) is 1. The van der Waals surface area contributed by atoms with Gasteiger partial charge in [-0.2, -0.15) is 0 Å². The summed E-state index contributed by atoms with van der Waals surface area (Å²) in [6.07, 6.45) is 0.441. The van der Waals surface area contributed by atoms with Crippen molar-refractivity contribution in [2.75, 3.05) is 13.1 Å². The molecule has 0 aliphatic carbocycles. The van der Waals surface area contributed by atoms with Gasteiger partial charge in [0.15, 0.2) is 0 Å². The quantitative estimate of drug-likeness (QED) is 0.806. The number of likely N-dealkylation sites (tertiary alicyclic amines) is 1. The average Bonchev–Trinajstić information content (AvgIpc) is 2.43. The molecule has 1 unspecified atom stereocenters. The number of carboxylic acid groups (broad SMARTS) is 1. The number of carboxylic acids is 1. The molecule has 0 aromatic rings. The molecule has 0 aromatic carbocycles. The van der Waals surface area contributed by atoms with E-state index >= 15 is 0 Å². The van der Waals surface area contributed by atoms with Crippen LogP contribution in [0.25, 0.3) is 0 Å². The zero-order valence-corrected chi connectivity index (χ0v) is 10.9. The monoisotopic (exact) mass is 243 g/mol. The number of hydrogen-bond acceptors (Lipinski definition) is 3. The lowest BCUT2D eigenvalue weighted by molar-refractivity contribution is -0.139. The van der Waals surface area contributed by atoms with E-state index in [2.05, 4.69) is 0 Å². The molecule has 98 valence electrons. The average molecular weight is 243 g/mol. The van der Waals surface area contributed by atoms with E-state index in [9.17, 15) is 9.59 Å². The van der Waals surface area contributed by atoms with Crippen molar-refractivity contribution >= 4 is 12.1 Å². The van der Waals surface area contributed by atoms with E-state index in [1.54, 1.807) is 4.90 Å². The van der Waals surface area contributed by atoms with Crippen molar-refractivity contribution in [3.8, 4) is 0 Å². The lowest BCUT2D eigenvalue weighted by Gasteiger charge is -2.26. The van der Waals surface area contributed by atoms with Crippen molar-refractivity contribution < 1.29 is 19.4 Å². The third-order valence-corrected chi connectivity index (χ3v) is 2.79. The first kappa shape index (κ1) is 13.8. The lowest BCUT2D eigenvalue weighted by Crippen LogP contribution is -2.36. The fraction of sp³-hybridized carbons (Fsp3) is 0.833. The van der Waals surface area contributed by atoms with Gasteiger partial charge in [0.05, 0.1) is 6.42 Å². The molecule has 1 amide bonds. The molecule has 0 bridgehead atoms. The molecule has 5 heteroatoms. The van der Waals surface area contributed by atoms with Gasteiger partial charge in [-0.15, -0.1) is 0 Å². The highest BCUT2D eigenvalue weighted by atomic mass is 16.6. The van der Waals surface area contributed by atoms with Crippen LogP contribution >= 0.6 is 0 Å². The summed E-state index contributed by atoms with van der Waals surface area (Å²) < 4.78 is 5.26. The van der Waals surface area contributed by atoms with Gasteiger partial charge in [0.25, 0.3) is 0 Å². The predicted octanol–water partition coefficient (Wildman–Crippen LogP) is 2.11. The van der Waals surface area contributed by atoms with Gasteiger partial charge in [0.1, 0.15) is 5.60 Å². The highest BCUT2D eigenvalue weighted by molar-refractivity contribution is 5.70. The third kappa shape index (κ3) is 4.24. The smallest absolute Gasteiger partial charge is 0.410 e. The molecule has 17 heavy (non-hydrogen) atoms. The molecule has 0 aromatic heterocycles. The summed E-state index contributed by atoms with van der Waals surface area (Å²) in [5, 5.41) is 8.82. The second-order valence-electron chi connectivity index (χ2n) is 6.03. The number of carbonyl (C=O) groups excluding carboxylic acids is 1. The normalized spacial score (nSPS) is 24.8. The number of carbonyl (C=O) groups is 2. The summed E-state index contributed by atoms with van der Waals surface area (Å²) in [4.78, 5) is 24.1. The molecular weight excluding hydrogens is 222 g/mol. The Morgan fingerprint density at radius 1 is 1.41 bits per heavy atom. The molecular formula is C12H21NO4. The zero-order chi connectivity index (χ0) is 13.3. The molecule has 1 rings (SSSR count). The maximum atomic E-state index is 11.8. The summed E-state index contributed by atoms with van der Waals surface area (Å²) in [5.41, 5.74) is -0.842. The Hall–Kier alpha value is -1.26. The number of rotatable bonds is 2. The summed E-state index contributed by atoms with van der Waals surface area (Å²) in [6, 6.07) is 0. The maximum absolute atomic E-state index is 11.8. The Bertz CT molecular complexity index is 321. The summed E-state index contributed by atoms with van der Waals surface area (Å²) >= 11 is 0. The fourth-order valence-corrected chi connectivity index (χ4v) is 2.02. The second-order valence-corrected chi connectivity index (χ2v) is 6.03.